The quantitative estimate of drug-likeness (QED) is 0.333. The van der Waals surface area contributed by atoms with Crippen LogP contribution in [0.15, 0.2) is 55.0 Å². The van der Waals surface area contributed by atoms with Gasteiger partial charge in [-0.25, -0.2) is 22.7 Å². The zero-order valence-electron chi connectivity index (χ0n) is 22.2. The number of aromatic amines is 1. The topological polar surface area (TPSA) is 138 Å². The third-order valence-corrected chi connectivity index (χ3v) is 9.63. The van der Waals surface area contributed by atoms with Gasteiger partial charge in [-0.2, -0.15) is 0 Å². The van der Waals surface area contributed by atoms with Crippen molar-refractivity contribution in [2.24, 2.45) is 11.7 Å². The number of hydrogen-bond donors (Lipinski definition) is 2. The number of hydrogen-bond acceptors (Lipinski definition) is 8. The number of amides is 1. The van der Waals surface area contributed by atoms with Crippen LogP contribution in [-0.4, -0.2) is 90.2 Å². The maximum Gasteiger partial charge on any atom is 0.248 e. The Hall–Kier alpha value is -3.74. The molecule has 6 rings (SSSR count). The average molecular weight is 564 g/mol. The van der Waals surface area contributed by atoms with Crippen molar-refractivity contribution in [2.45, 2.75) is 12.8 Å². The van der Waals surface area contributed by atoms with E-state index in [9.17, 15) is 13.2 Å². The zero-order valence-corrected chi connectivity index (χ0v) is 23.0. The summed E-state index contributed by atoms with van der Waals surface area (Å²) in [5.74, 6) is 0.275. The minimum absolute atomic E-state index is 0.0163. The number of nitrogens with one attached hydrogen (secondary N) is 1. The Kier molecular flexibility index (Phi) is 7.30. The number of carbonyl (C=O) groups excluding carboxylic acids is 1. The molecule has 1 aromatic carbocycles. The van der Waals surface area contributed by atoms with Gasteiger partial charge >= 0.3 is 0 Å². The molecule has 11 nitrogen and oxygen atoms in total. The molecule has 3 aromatic heterocycles. The summed E-state index contributed by atoms with van der Waals surface area (Å²) < 4.78 is 34.3. The number of pyridine rings is 2. The second kappa shape index (κ2) is 11.0. The van der Waals surface area contributed by atoms with Gasteiger partial charge in [-0.15, -0.1) is 0 Å². The van der Waals surface area contributed by atoms with Crippen molar-refractivity contribution in [3.05, 3.63) is 60.6 Å². The van der Waals surface area contributed by atoms with Gasteiger partial charge in [0.05, 0.1) is 35.6 Å². The maximum absolute atomic E-state index is 13.4. The molecule has 2 aliphatic heterocycles. The van der Waals surface area contributed by atoms with E-state index >= 15 is 0 Å². The second-order valence-corrected chi connectivity index (χ2v) is 12.4. The highest BCUT2D eigenvalue weighted by Gasteiger charge is 2.32. The van der Waals surface area contributed by atoms with E-state index in [-0.39, 0.29) is 11.8 Å². The Morgan fingerprint density at radius 3 is 2.60 bits per heavy atom. The molecule has 1 amide bonds. The van der Waals surface area contributed by atoms with Gasteiger partial charge in [0, 0.05) is 62.3 Å². The van der Waals surface area contributed by atoms with Crippen LogP contribution in [0.2, 0.25) is 0 Å². The normalized spacial score (nSPS) is 19.3. The first kappa shape index (κ1) is 26.5. The molecule has 0 aliphatic carbocycles. The molecule has 2 aliphatic rings. The monoisotopic (exact) mass is 563 g/mol. The number of H-pyrrole nitrogens is 1. The molecule has 0 radical (unpaired) electrons. The van der Waals surface area contributed by atoms with Crippen LogP contribution in [0, 0.1) is 5.92 Å². The summed E-state index contributed by atoms with van der Waals surface area (Å²) in [5, 5.41) is 2.11. The van der Waals surface area contributed by atoms with Crippen molar-refractivity contribution in [3.8, 4) is 5.75 Å². The molecule has 1 unspecified atom stereocenters. The Labute approximate surface area is 233 Å². The number of primary amides is 1. The summed E-state index contributed by atoms with van der Waals surface area (Å²) in [6.45, 7) is 4.14. The van der Waals surface area contributed by atoms with E-state index in [1.807, 2.05) is 23.4 Å². The fourth-order valence-corrected chi connectivity index (χ4v) is 7.37. The highest BCUT2D eigenvalue weighted by molar-refractivity contribution is 7.89. The molecule has 2 fully saturated rings. The van der Waals surface area contributed by atoms with E-state index in [1.54, 1.807) is 34.8 Å². The molecule has 3 N–H and O–H groups in total. The number of rotatable bonds is 8. The lowest BCUT2D eigenvalue weighted by Gasteiger charge is -2.37. The molecule has 0 spiro atoms. The summed E-state index contributed by atoms with van der Waals surface area (Å²) >= 11 is 0. The summed E-state index contributed by atoms with van der Waals surface area (Å²) in [5.41, 5.74) is 8.43. The molecular weight excluding hydrogens is 530 g/mol. The minimum Gasteiger partial charge on any atom is -0.493 e. The molecule has 4 aromatic rings. The Bertz CT molecular complexity index is 1610. The van der Waals surface area contributed by atoms with Crippen molar-refractivity contribution in [1.29, 1.82) is 0 Å². The van der Waals surface area contributed by atoms with Crippen LogP contribution in [0.4, 0.5) is 5.69 Å². The SMILES string of the molecule is NC(=O)c1ccc(OCC2CCCN(S(=O)(=O)CN3CCN(c4cnc5ncc6[nH]cccc6c45)CC3)C2)cc1. The Morgan fingerprint density at radius 2 is 1.82 bits per heavy atom. The molecule has 0 saturated carbocycles. The number of ether oxygens (including phenoxy) is 1. The van der Waals surface area contributed by atoms with Crippen molar-refractivity contribution >= 4 is 43.6 Å². The van der Waals surface area contributed by atoms with Crippen LogP contribution in [0.5, 0.6) is 5.75 Å². The van der Waals surface area contributed by atoms with Gasteiger partial charge in [0.25, 0.3) is 0 Å². The van der Waals surface area contributed by atoms with Crippen molar-refractivity contribution in [2.75, 3.05) is 56.7 Å². The standard InChI is InChI=1S/C28H33N7O4S/c29-27(36)21-5-7-22(8-6-21)39-18-20-3-2-10-35(17-20)40(37,38)19-33-11-13-34(14-12-33)25-16-32-28-26(25)23-4-1-9-30-24(23)15-31-28/h1,4-9,15-16,20,30H,2-3,10-14,17-19H2,(H2,29,36). The van der Waals surface area contributed by atoms with E-state index in [0.717, 1.165) is 40.5 Å². The number of nitrogens with zero attached hydrogens (tertiary/aromatic N) is 5. The molecule has 5 heterocycles. The van der Waals surface area contributed by atoms with Gasteiger partial charge in [-0.1, -0.05) is 6.07 Å². The van der Waals surface area contributed by atoms with Crippen molar-refractivity contribution < 1.29 is 17.9 Å². The van der Waals surface area contributed by atoms with Crippen molar-refractivity contribution in [3.63, 3.8) is 0 Å². The number of benzene rings is 1. The van der Waals surface area contributed by atoms with E-state index in [1.165, 1.54) is 0 Å². The van der Waals surface area contributed by atoms with E-state index in [4.69, 9.17) is 10.5 Å². The number of sulfonamides is 1. The molecular formula is C28H33N7O4S. The number of piperazine rings is 1. The van der Waals surface area contributed by atoms with E-state index in [0.29, 0.717) is 57.2 Å². The minimum atomic E-state index is -3.44. The predicted molar refractivity (Wildman–Crippen MR) is 154 cm³/mol. The Morgan fingerprint density at radius 1 is 1.05 bits per heavy atom. The first-order valence-electron chi connectivity index (χ1n) is 13.6. The zero-order chi connectivity index (χ0) is 27.7. The van der Waals surface area contributed by atoms with Gasteiger partial charge in [0.2, 0.25) is 15.9 Å². The third-order valence-electron chi connectivity index (χ3n) is 7.82. The molecule has 40 heavy (non-hydrogen) atoms. The maximum atomic E-state index is 13.4. The average Bonchev–Trinajstić information content (AvgIpc) is 3.42. The number of fused-ring (bicyclic) bond motifs is 3. The first-order valence-corrected chi connectivity index (χ1v) is 15.2. The van der Waals surface area contributed by atoms with Gasteiger partial charge in [-0.3, -0.25) is 9.69 Å². The van der Waals surface area contributed by atoms with Gasteiger partial charge < -0.3 is 20.4 Å². The lowest BCUT2D eigenvalue weighted by atomic mass is 10.0. The van der Waals surface area contributed by atoms with Gasteiger partial charge in [0.1, 0.15) is 11.6 Å². The molecule has 2 saturated heterocycles. The highest BCUT2D eigenvalue weighted by atomic mass is 32.2. The number of aromatic nitrogens is 3. The van der Waals surface area contributed by atoms with E-state index in [2.05, 4.69) is 25.9 Å². The smallest absolute Gasteiger partial charge is 0.248 e. The van der Waals surface area contributed by atoms with Crippen LogP contribution in [-0.2, 0) is 10.0 Å². The third kappa shape index (κ3) is 5.47. The molecule has 210 valence electrons. The van der Waals surface area contributed by atoms with Crippen LogP contribution in [0.1, 0.15) is 23.2 Å². The molecule has 12 heteroatoms. The number of nitrogens with two attached hydrogens (primary N) is 1. The first-order chi connectivity index (χ1) is 19.4. The Balaban J connectivity index is 1.04. The fraction of sp³-hybridized carbons (Fsp3) is 0.393. The summed E-state index contributed by atoms with van der Waals surface area (Å²) in [6, 6.07) is 10.7. The number of piperidine rings is 1. The van der Waals surface area contributed by atoms with Crippen LogP contribution in [0.3, 0.4) is 0 Å². The van der Waals surface area contributed by atoms with E-state index < -0.39 is 15.9 Å². The predicted octanol–water partition coefficient (Wildman–Crippen LogP) is 2.41. The molecule has 1 atom stereocenters. The van der Waals surface area contributed by atoms with Crippen molar-refractivity contribution in [1.82, 2.24) is 24.2 Å². The summed E-state index contributed by atoms with van der Waals surface area (Å²) in [7, 11) is -3.44. The highest BCUT2D eigenvalue weighted by Crippen LogP contribution is 2.32. The summed E-state index contributed by atoms with van der Waals surface area (Å²) in [4.78, 5) is 27.8. The van der Waals surface area contributed by atoms with Gasteiger partial charge in [0.15, 0.2) is 5.65 Å². The lowest BCUT2D eigenvalue weighted by molar-refractivity contribution is 0.1000. The fourth-order valence-electron chi connectivity index (χ4n) is 5.64. The number of anilines is 1. The largest absolute Gasteiger partial charge is 0.493 e. The second-order valence-electron chi connectivity index (χ2n) is 10.5. The van der Waals surface area contributed by atoms with Gasteiger partial charge in [-0.05, 0) is 43.2 Å². The lowest BCUT2D eigenvalue weighted by Crippen LogP contribution is -2.51. The summed E-state index contributed by atoms with van der Waals surface area (Å²) in [6.07, 6.45) is 7.27. The molecule has 0 bridgehead atoms. The van der Waals surface area contributed by atoms with Crippen LogP contribution >= 0.6 is 0 Å². The van der Waals surface area contributed by atoms with Crippen LogP contribution < -0.4 is 15.4 Å². The van der Waals surface area contributed by atoms with Crippen LogP contribution in [0.25, 0.3) is 21.9 Å². The number of carbonyl (C=O) groups is 1.